The average Bonchev–Trinajstić information content (AvgIpc) is 3.15. The van der Waals surface area contributed by atoms with Crippen LogP contribution in [0.15, 0.2) is 42.2 Å². The molecule has 1 saturated heterocycles. The lowest BCUT2D eigenvalue weighted by Crippen LogP contribution is -2.30. The molecule has 34 heavy (non-hydrogen) atoms. The molecule has 2 aromatic rings. The molecule has 1 fully saturated rings. The number of hydrogen-bond donors (Lipinski definition) is 0. The second-order valence-corrected chi connectivity index (χ2v) is 9.71. The molecule has 0 radical (unpaired) electrons. The van der Waals surface area contributed by atoms with Crippen LogP contribution in [0, 0.1) is 11.3 Å². The number of benzene rings is 2. The molecule has 2 aliphatic rings. The van der Waals surface area contributed by atoms with Crippen LogP contribution in [0.4, 0.5) is 5.69 Å². The van der Waals surface area contributed by atoms with Crippen molar-refractivity contribution >= 4 is 18.2 Å². The maximum atomic E-state index is 10.8. The number of ether oxygens (including phenoxy) is 1. The van der Waals surface area contributed by atoms with Gasteiger partial charge in [-0.05, 0) is 78.1 Å². The minimum atomic E-state index is -0.0232. The number of carbonyl (C=O) groups excluding carboxylic acids is 1. The van der Waals surface area contributed by atoms with Crippen LogP contribution in [0.25, 0.3) is 17.2 Å². The second kappa shape index (κ2) is 10.9. The van der Waals surface area contributed by atoms with Crippen LogP contribution in [-0.2, 0) is 14.9 Å². The predicted octanol–water partition coefficient (Wildman–Crippen LogP) is 7.36. The zero-order valence-corrected chi connectivity index (χ0v) is 20.6. The van der Waals surface area contributed by atoms with Crippen LogP contribution >= 0.6 is 0 Å². The van der Waals surface area contributed by atoms with Crippen molar-refractivity contribution in [1.29, 1.82) is 5.26 Å². The van der Waals surface area contributed by atoms with Gasteiger partial charge in [0, 0.05) is 24.2 Å². The Morgan fingerprint density at radius 3 is 2.26 bits per heavy atom. The number of allylic oxidation sites excluding steroid dienone is 1. The molecule has 0 unspecified atom stereocenters. The fraction of sp³-hybridized carbons (Fsp3) is 0.467. The van der Waals surface area contributed by atoms with Gasteiger partial charge in [0.25, 0.3) is 6.47 Å². The lowest BCUT2D eigenvalue weighted by Gasteiger charge is -2.34. The second-order valence-electron chi connectivity index (χ2n) is 9.71. The van der Waals surface area contributed by atoms with Crippen molar-refractivity contribution in [2.75, 3.05) is 18.0 Å². The number of hydrogen-bond acceptors (Lipinski definition) is 4. The molecule has 1 aliphatic carbocycles. The van der Waals surface area contributed by atoms with Crippen molar-refractivity contribution in [3.05, 3.63) is 58.8 Å². The number of rotatable bonds is 10. The smallest absolute Gasteiger partial charge is 0.299 e. The maximum absolute atomic E-state index is 10.8. The number of nitrogens with zero attached hydrogens (tertiary/aromatic N) is 2. The van der Waals surface area contributed by atoms with Crippen LogP contribution < -0.4 is 4.90 Å². The zero-order valence-electron chi connectivity index (χ0n) is 20.6. The van der Waals surface area contributed by atoms with Gasteiger partial charge in [-0.25, -0.2) is 0 Å². The number of piperidine rings is 1. The minimum Gasteiger partial charge on any atom is -0.417 e. The van der Waals surface area contributed by atoms with Gasteiger partial charge in [-0.15, -0.1) is 0 Å². The van der Waals surface area contributed by atoms with Gasteiger partial charge in [0.1, 0.15) is 6.07 Å². The number of fused-ring (bicyclic) bond motifs is 3. The Hall–Kier alpha value is -3.06. The Morgan fingerprint density at radius 1 is 1.00 bits per heavy atom. The summed E-state index contributed by atoms with van der Waals surface area (Å²) in [7, 11) is 0. The molecule has 0 atom stereocenters. The summed E-state index contributed by atoms with van der Waals surface area (Å²) in [6.45, 7) is 7.14. The van der Waals surface area contributed by atoms with Gasteiger partial charge in [0.15, 0.2) is 0 Å². The summed E-state index contributed by atoms with van der Waals surface area (Å²) in [6.07, 6.45) is 12.5. The lowest BCUT2D eigenvalue weighted by atomic mass is 9.70. The fourth-order valence-corrected chi connectivity index (χ4v) is 5.86. The van der Waals surface area contributed by atoms with Gasteiger partial charge in [-0.2, -0.15) is 5.26 Å². The number of nitriles is 1. The standard InChI is InChI=1S/C30H36N2O2/c1-3-5-14-30(15-6-4-2)28-19-23(18-25(21-31)34-22-33)10-12-26(28)27-13-11-24(20-29(27)30)32-16-8-7-9-17-32/h10-13,18-20,22H,3-9,14-17H2,1-2H3/b25-18+. The topological polar surface area (TPSA) is 53.3 Å². The van der Waals surface area contributed by atoms with E-state index in [-0.39, 0.29) is 11.2 Å². The molecule has 1 heterocycles. The highest BCUT2D eigenvalue weighted by Gasteiger charge is 2.42. The summed E-state index contributed by atoms with van der Waals surface area (Å²) in [5.41, 5.74) is 7.72. The van der Waals surface area contributed by atoms with Gasteiger partial charge in [-0.3, -0.25) is 4.79 Å². The molecule has 2 aromatic carbocycles. The van der Waals surface area contributed by atoms with Crippen LogP contribution in [-0.4, -0.2) is 19.6 Å². The molecule has 0 saturated carbocycles. The van der Waals surface area contributed by atoms with Gasteiger partial charge in [0.2, 0.25) is 5.76 Å². The van der Waals surface area contributed by atoms with Gasteiger partial charge >= 0.3 is 0 Å². The summed E-state index contributed by atoms with van der Waals surface area (Å²) in [4.78, 5) is 13.3. The van der Waals surface area contributed by atoms with Crippen LogP contribution in [0.3, 0.4) is 0 Å². The first-order valence-electron chi connectivity index (χ1n) is 12.9. The van der Waals surface area contributed by atoms with Crippen molar-refractivity contribution in [1.82, 2.24) is 0 Å². The third-order valence-corrected chi connectivity index (χ3v) is 7.59. The summed E-state index contributed by atoms with van der Waals surface area (Å²) in [5.74, 6) is 0.0190. The van der Waals surface area contributed by atoms with E-state index in [1.54, 1.807) is 6.08 Å². The van der Waals surface area contributed by atoms with Crippen molar-refractivity contribution in [3.63, 3.8) is 0 Å². The first kappa shape index (κ1) is 24.1. The zero-order chi connectivity index (χ0) is 24.0. The van der Waals surface area contributed by atoms with Gasteiger partial charge < -0.3 is 9.64 Å². The summed E-state index contributed by atoms with van der Waals surface area (Å²) < 4.78 is 4.85. The highest BCUT2D eigenvalue weighted by Crippen LogP contribution is 2.55. The Labute approximate surface area is 204 Å². The van der Waals surface area contributed by atoms with E-state index < -0.39 is 0 Å². The van der Waals surface area contributed by atoms with E-state index in [9.17, 15) is 10.1 Å². The molecular weight excluding hydrogens is 420 g/mol. The van der Waals surface area contributed by atoms with Crippen LogP contribution in [0.2, 0.25) is 0 Å². The van der Waals surface area contributed by atoms with Crippen molar-refractivity contribution in [3.8, 4) is 17.2 Å². The largest absolute Gasteiger partial charge is 0.417 e. The number of carbonyl (C=O) groups is 1. The Kier molecular flexibility index (Phi) is 7.73. The molecule has 178 valence electrons. The maximum Gasteiger partial charge on any atom is 0.299 e. The molecule has 0 N–H and O–H groups in total. The normalized spacial score (nSPS) is 16.5. The fourth-order valence-electron chi connectivity index (χ4n) is 5.86. The Bertz CT molecular complexity index is 1080. The third kappa shape index (κ3) is 4.62. The number of anilines is 1. The molecule has 0 aromatic heterocycles. The molecule has 4 nitrogen and oxygen atoms in total. The SMILES string of the molecule is CCCCC1(CCCC)c2cc(/C=C(\C#N)OC=O)ccc2-c2ccc(N3CCCCC3)cc21. The monoisotopic (exact) mass is 456 g/mol. The lowest BCUT2D eigenvalue weighted by molar-refractivity contribution is -0.124. The first-order chi connectivity index (χ1) is 16.7. The van der Waals surface area contributed by atoms with Crippen LogP contribution in [0.5, 0.6) is 0 Å². The molecule has 0 spiro atoms. The highest BCUT2D eigenvalue weighted by atomic mass is 16.5. The minimum absolute atomic E-state index is 0.0190. The molecule has 4 rings (SSSR count). The molecule has 0 amide bonds. The van der Waals surface area contributed by atoms with E-state index in [1.165, 1.54) is 60.0 Å². The van der Waals surface area contributed by atoms with Gasteiger partial charge in [-0.1, -0.05) is 63.8 Å². The average molecular weight is 457 g/mol. The molecule has 4 heteroatoms. The predicted molar refractivity (Wildman–Crippen MR) is 139 cm³/mol. The quantitative estimate of drug-likeness (QED) is 0.213. The summed E-state index contributed by atoms with van der Waals surface area (Å²) in [6, 6.07) is 15.6. The highest BCUT2D eigenvalue weighted by molar-refractivity contribution is 5.84. The van der Waals surface area contributed by atoms with E-state index in [0.717, 1.165) is 44.3 Å². The van der Waals surface area contributed by atoms with Crippen molar-refractivity contribution in [2.24, 2.45) is 0 Å². The summed E-state index contributed by atoms with van der Waals surface area (Å²) in [5, 5.41) is 9.34. The van der Waals surface area contributed by atoms with E-state index in [2.05, 4.69) is 49.1 Å². The number of unbranched alkanes of at least 4 members (excludes halogenated alkanes) is 2. The first-order valence-corrected chi connectivity index (χ1v) is 12.9. The molecular formula is C30H36N2O2. The summed E-state index contributed by atoms with van der Waals surface area (Å²) >= 11 is 0. The van der Waals surface area contributed by atoms with E-state index in [4.69, 9.17) is 4.74 Å². The van der Waals surface area contributed by atoms with E-state index >= 15 is 0 Å². The van der Waals surface area contributed by atoms with Gasteiger partial charge in [0.05, 0.1) is 0 Å². The van der Waals surface area contributed by atoms with Crippen molar-refractivity contribution < 1.29 is 9.53 Å². The van der Waals surface area contributed by atoms with Crippen molar-refractivity contribution in [2.45, 2.75) is 77.0 Å². The van der Waals surface area contributed by atoms with E-state index in [0.29, 0.717) is 6.47 Å². The molecule has 1 aliphatic heterocycles. The van der Waals surface area contributed by atoms with Crippen LogP contribution in [0.1, 0.15) is 88.3 Å². The third-order valence-electron chi connectivity index (χ3n) is 7.59. The van der Waals surface area contributed by atoms with E-state index in [1.807, 2.05) is 12.1 Å². The molecule has 0 bridgehead atoms. The Balaban J connectivity index is 1.85. The Morgan fingerprint density at radius 2 is 1.65 bits per heavy atom.